The van der Waals surface area contributed by atoms with E-state index in [9.17, 15) is 9.18 Å². The predicted octanol–water partition coefficient (Wildman–Crippen LogP) is 3.67. The van der Waals surface area contributed by atoms with Gasteiger partial charge in [-0.25, -0.2) is 4.39 Å². The molecule has 1 amide bonds. The number of carbonyl (C=O) groups excluding carboxylic acids is 1. The molecule has 3 nitrogen and oxygen atoms in total. The van der Waals surface area contributed by atoms with Gasteiger partial charge in [-0.3, -0.25) is 4.79 Å². The fourth-order valence-corrected chi connectivity index (χ4v) is 3.47. The van der Waals surface area contributed by atoms with Crippen LogP contribution < -0.4 is 0 Å². The van der Waals surface area contributed by atoms with E-state index in [0.717, 1.165) is 36.7 Å². The molecule has 0 N–H and O–H groups in total. The van der Waals surface area contributed by atoms with Crippen LogP contribution in [0.1, 0.15) is 31.2 Å². The van der Waals surface area contributed by atoms with E-state index >= 15 is 0 Å². The average Bonchev–Trinajstić information content (AvgIpc) is 2.69. The number of rotatable bonds is 1. The Hall–Kier alpha value is -1.62. The van der Waals surface area contributed by atoms with Gasteiger partial charge in [0.15, 0.2) is 5.17 Å². The highest BCUT2D eigenvalue weighted by molar-refractivity contribution is 8.18. The molecule has 1 aromatic rings. The zero-order valence-corrected chi connectivity index (χ0v) is 12.5. The normalized spacial score (nSPS) is 21.6. The molecule has 2 aliphatic heterocycles. The smallest absolute Gasteiger partial charge is 0.286 e. The predicted molar refractivity (Wildman–Crippen MR) is 84.5 cm³/mol. The van der Waals surface area contributed by atoms with E-state index < -0.39 is 0 Å². The summed E-state index contributed by atoms with van der Waals surface area (Å²) < 4.78 is 12.9. The lowest BCUT2D eigenvalue weighted by molar-refractivity contribution is -0.113. The molecule has 0 aliphatic carbocycles. The molecule has 2 heterocycles. The van der Waals surface area contributed by atoms with Crippen LogP contribution in [0.15, 0.2) is 34.2 Å². The van der Waals surface area contributed by atoms with Crippen molar-refractivity contribution in [3.05, 3.63) is 40.6 Å². The Labute approximate surface area is 127 Å². The van der Waals surface area contributed by atoms with Crippen molar-refractivity contribution >= 4 is 28.9 Å². The molecule has 0 radical (unpaired) electrons. The molecule has 1 aromatic carbocycles. The van der Waals surface area contributed by atoms with Gasteiger partial charge in [-0.2, -0.15) is 4.99 Å². The number of hydrogen-bond donors (Lipinski definition) is 0. The van der Waals surface area contributed by atoms with Crippen LogP contribution in [0.25, 0.3) is 6.08 Å². The molecule has 21 heavy (non-hydrogen) atoms. The van der Waals surface area contributed by atoms with Crippen molar-refractivity contribution < 1.29 is 9.18 Å². The molecule has 0 spiro atoms. The van der Waals surface area contributed by atoms with E-state index in [4.69, 9.17) is 0 Å². The second kappa shape index (κ2) is 6.43. The number of likely N-dealkylation sites (tertiary alicyclic amines) is 1. The van der Waals surface area contributed by atoms with Crippen molar-refractivity contribution in [3.8, 4) is 0 Å². The third-order valence-corrected chi connectivity index (χ3v) is 4.70. The summed E-state index contributed by atoms with van der Waals surface area (Å²) >= 11 is 1.43. The molecule has 0 unspecified atom stereocenters. The highest BCUT2D eigenvalue weighted by Crippen LogP contribution is 2.31. The second-order valence-corrected chi connectivity index (χ2v) is 6.27. The lowest BCUT2D eigenvalue weighted by atomic mass is 10.2. The Morgan fingerprint density at radius 1 is 1.10 bits per heavy atom. The summed E-state index contributed by atoms with van der Waals surface area (Å²) in [6, 6.07) is 6.13. The monoisotopic (exact) mass is 304 g/mol. The summed E-state index contributed by atoms with van der Waals surface area (Å²) in [6.45, 7) is 1.95. The van der Waals surface area contributed by atoms with Gasteiger partial charge in [0.2, 0.25) is 0 Å². The van der Waals surface area contributed by atoms with Crippen molar-refractivity contribution in [2.45, 2.75) is 25.7 Å². The lowest BCUT2D eigenvalue weighted by Gasteiger charge is -2.20. The van der Waals surface area contributed by atoms with Crippen LogP contribution >= 0.6 is 11.8 Å². The average molecular weight is 304 g/mol. The van der Waals surface area contributed by atoms with E-state index in [1.165, 1.54) is 36.7 Å². The number of halogens is 1. The van der Waals surface area contributed by atoms with Crippen molar-refractivity contribution in [2.75, 3.05) is 13.1 Å². The minimum atomic E-state index is -0.274. The summed E-state index contributed by atoms with van der Waals surface area (Å²) in [6.07, 6.45) is 6.59. The first-order valence-electron chi connectivity index (χ1n) is 7.25. The number of aliphatic imine (C=N–C) groups is 1. The molecule has 0 bridgehead atoms. The number of amidine groups is 1. The van der Waals surface area contributed by atoms with Gasteiger partial charge in [0, 0.05) is 13.1 Å². The van der Waals surface area contributed by atoms with Crippen molar-refractivity contribution in [1.82, 2.24) is 4.90 Å². The number of benzene rings is 1. The van der Waals surface area contributed by atoms with Crippen LogP contribution in [0.3, 0.4) is 0 Å². The van der Waals surface area contributed by atoms with Crippen molar-refractivity contribution in [1.29, 1.82) is 0 Å². The van der Waals surface area contributed by atoms with Gasteiger partial charge in [-0.1, -0.05) is 25.0 Å². The number of carbonyl (C=O) groups is 1. The van der Waals surface area contributed by atoms with Gasteiger partial charge in [-0.05, 0) is 48.4 Å². The molecular formula is C16H17FN2OS. The maximum absolute atomic E-state index is 12.9. The molecule has 110 valence electrons. The maximum Gasteiger partial charge on any atom is 0.286 e. The van der Waals surface area contributed by atoms with E-state index in [1.54, 1.807) is 18.2 Å². The molecular weight excluding hydrogens is 287 g/mol. The van der Waals surface area contributed by atoms with E-state index in [2.05, 4.69) is 9.89 Å². The number of amides is 1. The van der Waals surface area contributed by atoms with Crippen LogP contribution in [0.2, 0.25) is 0 Å². The maximum atomic E-state index is 12.9. The second-order valence-electron chi connectivity index (χ2n) is 5.26. The van der Waals surface area contributed by atoms with Crippen LogP contribution in [0.5, 0.6) is 0 Å². The minimum absolute atomic E-state index is 0.191. The third kappa shape index (κ3) is 3.53. The zero-order valence-electron chi connectivity index (χ0n) is 11.7. The third-order valence-electron chi connectivity index (χ3n) is 3.65. The number of thioether (sulfide) groups is 1. The molecule has 0 aromatic heterocycles. The van der Waals surface area contributed by atoms with Gasteiger partial charge in [0.05, 0.1) is 4.91 Å². The summed E-state index contributed by atoms with van der Waals surface area (Å²) in [5.41, 5.74) is 0.819. The zero-order chi connectivity index (χ0) is 14.7. The fourth-order valence-electron chi connectivity index (χ4n) is 2.51. The first kappa shape index (κ1) is 14.3. The van der Waals surface area contributed by atoms with Gasteiger partial charge >= 0.3 is 0 Å². The largest absolute Gasteiger partial charge is 0.351 e. The standard InChI is InChI=1S/C16H17FN2OS/c17-13-7-5-12(6-8-13)11-14-15(20)18-16(21-14)19-9-3-1-2-4-10-19/h5-8,11H,1-4,9-10H2/b14-11-. The van der Waals surface area contributed by atoms with Crippen LogP contribution in [0.4, 0.5) is 4.39 Å². The molecule has 1 fully saturated rings. The topological polar surface area (TPSA) is 32.7 Å². The molecule has 0 atom stereocenters. The van der Waals surface area contributed by atoms with E-state index in [1.807, 2.05) is 0 Å². The Kier molecular flexibility index (Phi) is 4.39. The molecule has 2 aliphatic rings. The highest BCUT2D eigenvalue weighted by Gasteiger charge is 2.26. The van der Waals surface area contributed by atoms with Crippen molar-refractivity contribution in [3.63, 3.8) is 0 Å². The van der Waals surface area contributed by atoms with Gasteiger partial charge in [0.25, 0.3) is 5.91 Å². The molecule has 0 saturated carbocycles. The summed E-state index contributed by atoms with van der Waals surface area (Å²) in [5.74, 6) is -0.465. The summed E-state index contributed by atoms with van der Waals surface area (Å²) in [7, 11) is 0. The van der Waals surface area contributed by atoms with Gasteiger partial charge in [-0.15, -0.1) is 0 Å². The van der Waals surface area contributed by atoms with E-state index in [-0.39, 0.29) is 11.7 Å². The Bertz CT molecular complexity index is 587. The SMILES string of the molecule is O=C1N=C(N2CCCCCC2)S/C1=C\c1ccc(F)cc1. The van der Waals surface area contributed by atoms with Crippen LogP contribution in [-0.2, 0) is 4.79 Å². The summed E-state index contributed by atoms with van der Waals surface area (Å²) in [5, 5.41) is 0.815. The van der Waals surface area contributed by atoms with Crippen LogP contribution in [-0.4, -0.2) is 29.1 Å². The van der Waals surface area contributed by atoms with E-state index in [0.29, 0.717) is 4.91 Å². The minimum Gasteiger partial charge on any atom is -0.351 e. The Morgan fingerprint density at radius 3 is 2.43 bits per heavy atom. The van der Waals surface area contributed by atoms with Gasteiger partial charge < -0.3 is 4.90 Å². The highest BCUT2D eigenvalue weighted by atomic mass is 32.2. The van der Waals surface area contributed by atoms with Gasteiger partial charge in [0.1, 0.15) is 5.82 Å². The van der Waals surface area contributed by atoms with Crippen molar-refractivity contribution in [2.24, 2.45) is 4.99 Å². The first-order valence-corrected chi connectivity index (χ1v) is 8.07. The molecule has 3 rings (SSSR count). The lowest BCUT2D eigenvalue weighted by Crippen LogP contribution is -2.28. The Morgan fingerprint density at radius 2 is 1.76 bits per heavy atom. The van der Waals surface area contributed by atoms with Crippen LogP contribution in [0, 0.1) is 5.82 Å². The summed E-state index contributed by atoms with van der Waals surface area (Å²) in [4.78, 5) is 19.0. The first-order chi connectivity index (χ1) is 10.2. The quantitative estimate of drug-likeness (QED) is 0.742. The number of nitrogens with zero attached hydrogens (tertiary/aromatic N) is 2. The Balaban J connectivity index is 1.73. The number of hydrogen-bond acceptors (Lipinski definition) is 3. The molecule has 1 saturated heterocycles. The fraction of sp³-hybridized carbons (Fsp3) is 0.375. The molecule has 5 heteroatoms.